The summed E-state index contributed by atoms with van der Waals surface area (Å²) >= 11 is 0. The fourth-order valence-electron chi connectivity index (χ4n) is 5.42. The quantitative estimate of drug-likeness (QED) is 0.203. The highest BCUT2D eigenvalue weighted by molar-refractivity contribution is 6.48. The third-order valence-electron chi connectivity index (χ3n) is 8.13. The first kappa shape index (κ1) is 29.4. The highest BCUT2D eigenvalue weighted by atomic mass is 16.3. The number of rotatable bonds is 10. The smallest absolute Gasteiger partial charge is 0.195 e. The molecule has 7 heteroatoms. The molecule has 1 saturated heterocycles. The Bertz CT molecular complexity index is 1150. The number of phenols is 2. The van der Waals surface area contributed by atoms with Crippen LogP contribution >= 0.6 is 0 Å². The largest absolute Gasteiger partial charge is 0.508 e. The molecule has 2 aromatic carbocycles. The van der Waals surface area contributed by atoms with Gasteiger partial charge in [-0.3, -0.25) is 25.4 Å². The van der Waals surface area contributed by atoms with Gasteiger partial charge in [-0.2, -0.15) is 0 Å². The van der Waals surface area contributed by atoms with Crippen LogP contribution in [0.4, 0.5) is 5.69 Å². The van der Waals surface area contributed by atoms with Crippen molar-refractivity contribution in [3.63, 3.8) is 0 Å². The van der Waals surface area contributed by atoms with Gasteiger partial charge in [-0.1, -0.05) is 59.1 Å². The van der Waals surface area contributed by atoms with Crippen molar-refractivity contribution in [1.29, 1.82) is 10.8 Å². The van der Waals surface area contributed by atoms with Gasteiger partial charge in [0.15, 0.2) is 11.6 Å². The molecule has 38 heavy (non-hydrogen) atoms. The van der Waals surface area contributed by atoms with Crippen molar-refractivity contribution in [2.75, 3.05) is 18.0 Å². The molecule has 2 aromatic rings. The van der Waals surface area contributed by atoms with Crippen molar-refractivity contribution in [2.45, 2.75) is 85.6 Å². The van der Waals surface area contributed by atoms with Crippen LogP contribution in [0.15, 0.2) is 36.4 Å². The second kappa shape index (κ2) is 12.6. The van der Waals surface area contributed by atoms with Gasteiger partial charge in [-0.15, -0.1) is 0 Å². The lowest BCUT2D eigenvalue weighted by molar-refractivity contribution is -0.111. The zero-order valence-corrected chi connectivity index (χ0v) is 23.6. The van der Waals surface area contributed by atoms with E-state index in [4.69, 9.17) is 10.8 Å². The molecule has 0 saturated carbocycles. The molecule has 0 amide bonds. The molecule has 0 atom stereocenters. The van der Waals surface area contributed by atoms with E-state index in [2.05, 4.69) is 18.7 Å². The Morgan fingerprint density at radius 2 is 1.68 bits per heavy atom. The van der Waals surface area contributed by atoms with Gasteiger partial charge >= 0.3 is 0 Å². The Labute approximate surface area is 227 Å². The third-order valence-corrected chi connectivity index (χ3v) is 8.13. The minimum Gasteiger partial charge on any atom is -0.508 e. The first-order chi connectivity index (χ1) is 18.0. The van der Waals surface area contributed by atoms with Gasteiger partial charge in [-0.05, 0) is 73.0 Å². The maximum atomic E-state index is 12.2. The number of Topliss-reactive ketones (excluding diaryl/α,β-unsaturated/α-hetero) is 1. The fraction of sp³-hybridized carbons (Fsp3) is 0.516. The van der Waals surface area contributed by atoms with Crippen LogP contribution in [0.5, 0.6) is 11.5 Å². The van der Waals surface area contributed by atoms with E-state index in [1.54, 1.807) is 6.07 Å². The van der Waals surface area contributed by atoms with Crippen LogP contribution in [-0.2, 0) is 11.3 Å². The van der Waals surface area contributed by atoms with Crippen LogP contribution in [-0.4, -0.2) is 45.7 Å². The molecule has 1 heterocycles. The number of nitrogens with zero attached hydrogens (tertiary/aromatic N) is 2. The number of carbonyl (C=O) groups excluding carboxylic acids is 1. The van der Waals surface area contributed by atoms with Gasteiger partial charge in [0.25, 0.3) is 0 Å². The van der Waals surface area contributed by atoms with E-state index in [-0.39, 0.29) is 34.7 Å². The molecule has 0 unspecified atom stereocenters. The monoisotopic (exact) mass is 520 g/mol. The SMILES string of the molecule is CCCCC1(CC)CCN(Cc2ccc(N(C(=N)C(C)=O)C(=N)c3cc(C(C)C)c(O)cc3O)cc2)CC1. The summed E-state index contributed by atoms with van der Waals surface area (Å²) in [5.41, 5.74) is 2.86. The molecule has 206 valence electrons. The second-order valence-electron chi connectivity index (χ2n) is 11.1. The normalized spacial score (nSPS) is 15.4. The number of benzene rings is 2. The Morgan fingerprint density at radius 3 is 2.21 bits per heavy atom. The lowest BCUT2D eigenvalue weighted by atomic mass is 9.72. The standard InChI is InChI=1S/C31H44N4O3/c1-6-8-13-31(7-2)14-16-34(17-15-31)20-23-9-11-24(12-10-23)35(29(32)22(5)36)30(33)26-18-25(21(3)4)27(37)19-28(26)38/h9-12,18-19,21,32-33,37-38H,6-8,13-17,20H2,1-5H3. The third kappa shape index (κ3) is 6.62. The topological polar surface area (TPSA) is 112 Å². The number of hydrogen-bond donors (Lipinski definition) is 4. The molecule has 7 nitrogen and oxygen atoms in total. The molecule has 3 rings (SSSR count). The zero-order valence-electron chi connectivity index (χ0n) is 23.6. The predicted octanol–water partition coefficient (Wildman–Crippen LogP) is 6.80. The van der Waals surface area contributed by atoms with Crippen molar-refractivity contribution in [3.05, 3.63) is 53.1 Å². The molecule has 0 aromatic heterocycles. The number of unbranched alkanes of at least 4 members (excludes halogenated alkanes) is 1. The molecule has 1 aliphatic heterocycles. The molecular formula is C31H44N4O3. The van der Waals surface area contributed by atoms with E-state index in [1.165, 1.54) is 56.4 Å². The van der Waals surface area contributed by atoms with Crippen molar-refractivity contribution in [3.8, 4) is 11.5 Å². The maximum absolute atomic E-state index is 12.2. The summed E-state index contributed by atoms with van der Waals surface area (Å²) in [4.78, 5) is 15.9. The molecule has 1 aliphatic rings. The molecule has 1 fully saturated rings. The molecular weight excluding hydrogens is 476 g/mol. The molecule has 0 radical (unpaired) electrons. The molecule has 0 bridgehead atoms. The highest BCUT2D eigenvalue weighted by Gasteiger charge is 2.32. The lowest BCUT2D eigenvalue weighted by Gasteiger charge is -2.41. The number of anilines is 1. The number of hydrogen-bond acceptors (Lipinski definition) is 6. The average Bonchev–Trinajstić information content (AvgIpc) is 2.89. The summed E-state index contributed by atoms with van der Waals surface area (Å²) in [6.07, 6.45) is 7.58. The first-order valence-corrected chi connectivity index (χ1v) is 13.9. The summed E-state index contributed by atoms with van der Waals surface area (Å²) in [7, 11) is 0. The van der Waals surface area contributed by atoms with Crippen LogP contribution in [0, 0.1) is 16.2 Å². The zero-order chi connectivity index (χ0) is 28.0. The first-order valence-electron chi connectivity index (χ1n) is 13.9. The van der Waals surface area contributed by atoms with Gasteiger partial charge in [0.1, 0.15) is 17.3 Å². The van der Waals surface area contributed by atoms with Crippen molar-refractivity contribution >= 4 is 23.1 Å². The average molecular weight is 521 g/mol. The minimum atomic E-state index is -0.489. The Balaban J connectivity index is 1.80. The molecule has 0 aliphatic carbocycles. The Hall–Kier alpha value is -3.19. The summed E-state index contributed by atoms with van der Waals surface area (Å²) < 4.78 is 0. The van der Waals surface area contributed by atoms with Crippen LogP contribution in [0.3, 0.4) is 0 Å². The van der Waals surface area contributed by atoms with Crippen molar-refractivity contribution < 1.29 is 15.0 Å². The fourth-order valence-corrected chi connectivity index (χ4v) is 5.42. The number of nitrogens with one attached hydrogen (secondary N) is 2. The predicted molar refractivity (Wildman–Crippen MR) is 155 cm³/mol. The molecule has 0 spiro atoms. The summed E-state index contributed by atoms with van der Waals surface area (Å²) in [5, 5.41) is 38.0. The number of likely N-dealkylation sites (tertiary alicyclic amines) is 1. The van der Waals surface area contributed by atoms with Crippen LogP contribution in [0.1, 0.15) is 95.8 Å². The van der Waals surface area contributed by atoms with Gasteiger partial charge in [0.2, 0.25) is 0 Å². The van der Waals surface area contributed by atoms with Gasteiger partial charge in [0.05, 0.1) is 5.56 Å². The number of aromatic hydroxyl groups is 2. The van der Waals surface area contributed by atoms with Crippen LogP contribution in [0.2, 0.25) is 0 Å². The Kier molecular flexibility index (Phi) is 9.71. The van der Waals surface area contributed by atoms with E-state index in [9.17, 15) is 15.0 Å². The van der Waals surface area contributed by atoms with E-state index in [0.29, 0.717) is 16.7 Å². The lowest BCUT2D eigenvalue weighted by Crippen LogP contribution is -2.40. The minimum absolute atomic E-state index is 0.0361. The summed E-state index contributed by atoms with van der Waals surface area (Å²) in [6, 6.07) is 10.4. The van der Waals surface area contributed by atoms with E-state index in [1.807, 2.05) is 38.1 Å². The number of piperidine rings is 1. The summed E-state index contributed by atoms with van der Waals surface area (Å²) in [5.74, 6) is -1.41. The van der Waals surface area contributed by atoms with Gasteiger partial charge < -0.3 is 10.2 Å². The summed E-state index contributed by atoms with van der Waals surface area (Å²) in [6.45, 7) is 12.7. The van der Waals surface area contributed by atoms with E-state index in [0.717, 1.165) is 25.2 Å². The van der Waals surface area contributed by atoms with Crippen LogP contribution in [0.25, 0.3) is 0 Å². The number of amidine groups is 2. The van der Waals surface area contributed by atoms with E-state index >= 15 is 0 Å². The molecule has 4 N–H and O–H groups in total. The number of ketones is 1. The van der Waals surface area contributed by atoms with E-state index < -0.39 is 5.78 Å². The van der Waals surface area contributed by atoms with Crippen molar-refractivity contribution in [2.24, 2.45) is 5.41 Å². The highest BCUT2D eigenvalue weighted by Crippen LogP contribution is 2.40. The second-order valence-corrected chi connectivity index (χ2v) is 11.1. The number of carbonyl (C=O) groups is 1. The Morgan fingerprint density at radius 1 is 1.05 bits per heavy atom. The van der Waals surface area contributed by atoms with Crippen LogP contribution < -0.4 is 4.90 Å². The van der Waals surface area contributed by atoms with Gasteiger partial charge in [-0.25, -0.2) is 0 Å². The van der Waals surface area contributed by atoms with Crippen molar-refractivity contribution in [1.82, 2.24) is 4.90 Å². The van der Waals surface area contributed by atoms with Gasteiger partial charge in [0, 0.05) is 25.2 Å². The maximum Gasteiger partial charge on any atom is 0.195 e. The number of phenolic OH excluding ortho intramolecular Hbond substituents is 2.